The first kappa shape index (κ1) is 93.1. The monoisotopic (exact) mass is 1590 g/mol. The van der Waals surface area contributed by atoms with Crippen LogP contribution in [0.2, 0.25) is 0 Å². The number of nitrogens with zero attached hydrogens (tertiary/aromatic N) is 2. The Labute approximate surface area is 659 Å². The summed E-state index contributed by atoms with van der Waals surface area (Å²) in [4.78, 5) is 166. The maximum Gasteiger partial charge on any atom is 0.326 e. The summed E-state index contributed by atoms with van der Waals surface area (Å²) in [5, 5.41) is 61.6. The van der Waals surface area contributed by atoms with Gasteiger partial charge in [0.2, 0.25) is 23.4 Å². The molecular formula is C81H113N10O21S+. The quantitative estimate of drug-likeness (QED) is 0.0109. The molecule has 1 unspecified atom stereocenters. The number of nitrogens with one attached hydrogen (secondary N) is 6. The van der Waals surface area contributed by atoms with Crippen molar-refractivity contribution >= 4 is 104 Å². The molecule has 0 saturated carbocycles. The van der Waals surface area contributed by atoms with Crippen LogP contribution < -0.4 is 48.3 Å². The molecule has 0 spiro atoms. The summed E-state index contributed by atoms with van der Waals surface area (Å²) >= 11 is 0. The highest BCUT2D eigenvalue weighted by Gasteiger charge is 2.45. The predicted molar refractivity (Wildman–Crippen MR) is 421 cm³/mol. The van der Waals surface area contributed by atoms with E-state index in [-0.39, 0.29) is 80.7 Å². The van der Waals surface area contributed by atoms with E-state index in [0.29, 0.717) is 69.0 Å². The van der Waals surface area contributed by atoms with Gasteiger partial charge in [-0.1, -0.05) is 100 Å². The van der Waals surface area contributed by atoms with Gasteiger partial charge in [0.25, 0.3) is 10.1 Å². The molecule has 0 radical (unpaired) electrons. The van der Waals surface area contributed by atoms with E-state index < -0.39 is 161 Å². The fourth-order valence-electron chi connectivity index (χ4n) is 13.9. The number of fused-ring (bicyclic) bond motifs is 2. The van der Waals surface area contributed by atoms with Crippen molar-refractivity contribution in [3.05, 3.63) is 125 Å². The summed E-state index contributed by atoms with van der Waals surface area (Å²) < 4.78 is 36.8. The number of ketones is 3. The van der Waals surface area contributed by atoms with Crippen LogP contribution in [0.1, 0.15) is 210 Å². The summed E-state index contributed by atoms with van der Waals surface area (Å²) in [6, 6.07) is 9.81. The van der Waals surface area contributed by atoms with Gasteiger partial charge in [-0.05, 0) is 145 Å². The maximum atomic E-state index is 14.0. The first-order chi connectivity index (χ1) is 53.4. The Balaban J connectivity index is 1.08. The van der Waals surface area contributed by atoms with E-state index in [4.69, 9.17) is 16.6 Å². The highest BCUT2D eigenvalue weighted by atomic mass is 32.2. The van der Waals surface area contributed by atoms with E-state index in [9.17, 15) is 95.7 Å². The summed E-state index contributed by atoms with van der Waals surface area (Å²) in [6.07, 6.45) is 13.4. The molecule has 3 aromatic carbocycles. The molecule has 3 aromatic rings. The van der Waals surface area contributed by atoms with Gasteiger partial charge >= 0.3 is 41.9 Å². The van der Waals surface area contributed by atoms with Crippen molar-refractivity contribution in [1.29, 1.82) is 0 Å². The van der Waals surface area contributed by atoms with Gasteiger partial charge in [0.1, 0.15) is 24.4 Å². The number of amides is 7. The third-order valence-electron chi connectivity index (χ3n) is 20.3. The van der Waals surface area contributed by atoms with Crippen molar-refractivity contribution in [3.8, 4) is 0 Å². The number of Topliss-reactive ketones (excluding diaryl/α,β-unsaturated/α-hetero) is 3. The number of rotatable bonds is 53. The number of urea groups is 2. The number of carboxylic acid groups (broad SMARTS) is 5. The number of carbonyl (C=O) groups excluding carboxylic acids is 8. The lowest BCUT2D eigenvalue weighted by atomic mass is 9.81. The van der Waals surface area contributed by atoms with Crippen LogP contribution in [0.4, 0.5) is 21.0 Å². The minimum Gasteiger partial charge on any atom is -0.481 e. The van der Waals surface area contributed by atoms with E-state index in [1.807, 2.05) is 37.4 Å². The lowest BCUT2D eigenvalue weighted by molar-refractivity contribution is -0.438. The van der Waals surface area contributed by atoms with Gasteiger partial charge in [0.05, 0.1) is 47.6 Å². The smallest absolute Gasteiger partial charge is 0.326 e. The average Bonchev–Trinajstić information content (AvgIpc) is 1.60. The van der Waals surface area contributed by atoms with Crippen LogP contribution in [-0.4, -0.2) is 176 Å². The summed E-state index contributed by atoms with van der Waals surface area (Å²) in [5.74, 6) is -14.0. The fraction of sp³-hybridized carbons (Fsp3) is 0.531. The number of allylic oxidation sites excluding steroid dienone is 6. The van der Waals surface area contributed by atoms with Crippen LogP contribution in [0.3, 0.4) is 0 Å². The van der Waals surface area contributed by atoms with E-state index in [0.717, 1.165) is 42.8 Å². The molecule has 0 aromatic heterocycles. The molecule has 2 heterocycles. The highest BCUT2D eigenvalue weighted by Crippen LogP contribution is 2.48. The second-order valence-electron chi connectivity index (χ2n) is 29.9. The van der Waals surface area contributed by atoms with Crippen molar-refractivity contribution < 1.29 is 105 Å². The molecule has 16 N–H and O–H groups in total. The zero-order valence-corrected chi connectivity index (χ0v) is 66.2. The van der Waals surface area contributed by atoms with E-state index in [2.05, 4.69) is 94.1 Å². The van der Waals surface area contributed by atoms with Crippen molar-refractivity contribution in [2.24, 2.45) is 23.3 Å². The number of hydrogen-bond donors (Lipinski definition) is 14. The van der Waals surface area contributed by atoms with E-state index in [1.54, 1.807) is 18.2 Å². The lowest BCUT2D eigenvalue weighted by Crippen LogP contribution is -2.51. The van der Waals surface area contributed by atoms with Gasteiger partial charge in [-0.25, -0.2) is 19.2 Å². The first-order valence-corrected chi connectivity index (χ1v) is 40.0. The molecule has 2 aliphatic heterocycles. The molecule has 2 aliphatic rings. The van der Waals surface area contributed by atoms with Crippen molar-refractivity contribution in [1.82, 2.24) is 31.9 Å². The molecule has 6 atom stereocenters. The molecule has 31 nitrogen and oxygen atoms in total. The van der Waals surface area contributed by atoms with Crippen LogP contribution >= 0.6 is 0 Å². The van der Waals surface area contributed by atoms with Crippen molar-refractivity contribution in [2.75, 3.05) is 31.1 Å². The zero-order chi connectivity index (χ0) is 83.8. The third kappa shape index (κ3) is 30.2. The summed E-state index contributed by atoms with van der Waals surface area (Å²) in [7, 11) is -4.48. The Morgan fingerprint density at radius 1 is 0.566 bits per heavy atom. The molecule has 618 valence electrons. The molecule has 0 saturated heterocycles. The number of primary amides is 1. The summed E-state index contributed by atoms with van der Waals surface area (Å²) in [6.45, 7) is 14.6. The number of carboxylic acids is 5. The SMILES string of the molecule is CCCCN1C(=CC=CC=CC2=[N+](CCCCCC(=O)CCCCCC(CC(=O)[C@H](CCCCN)NC(=O)[C@H](CC(=O)O)CC(=O)[C@H](CC(=O)O)NC(=O)Cc3ccc(CNC(=O)NCCCC[C@H](NC(=O)N[C@@H](CCC(=O)O)C(=O)O)C(=O)O)cc3)C(N)=O)c3ccc(S(=O)(=O)O)cc3C2(C)C)C(C)(C)c2cc(C)ccc21. The number of anilines is 1. The number of hydrogen-bond acceptors (Lipinski definition) is 17. The van der Waals surface area contributed by atoms with Crippen LogP contribution in [0.5, 0.6) is 0 Å². The Bertz CT molecular complexity index is 4150. The Morgan fingerprint density at radius 2 is 1.18 bits per heavy atom. The third-order valence-corrected chi connectivity index (χ3v) is 21.1. The largest absolute Gasteiger partial charge is 0.481 e. The fourth-order valence-corrected chi connectivity index (χ4v) is 14.4. The Hall–Kier alpha value is -10.5. The van der Waals surface area contributed by atoms with Crippen LogP contribution in [0.25, 0.3) is 0 Å². The number of unbranched alkanes of at least 4 members (excludes halogenated alkanes) is 7. The predicted octanol–water partition coefficient (Wildman–Crippen LogP) is 8.26. The zero-order valence-electron chi connectivity index (χ0n) is 65.4. The highest BCUT2D eigenvalue weighted by molar-refractivity contribution is 7.85. The molecule has 7 amide bonds. The molecular weight excluding hydrogens is 1480 g/mol. The topological polar surface area (TPSA) is 508 Å². The van der Waals surface area contributed by atoms with Gasteiger partial charge in [-0.2, -0.15) is 13.0 Å². The Morgan fingerprint density at radius 3 is 1.80 bits per heavy atom. The minimum absolute atomic E-state index is 0.0119. The standard InChI is InChI=1S/C81H112N10O21S/c1-7-8-41-90-64-36-29-51(2)43-58(64)80(3,4)68(90)27-15-10-16-28-69-81(5,6)59-48-57(113(110,111)112)34-37-65(59)91(69)42-21-11-14-24-56(92)23-13-9-12-22-54(74(83)102)45-66(93)60(25-17-19-39-82)87-75(103)55(47-72(98)99)46-67(94)63(49-73(100)101)86-70(95)44-52-30-32-53(33-31-52)50-85-78(108)84-40-20-18-26-61(76(104)105)88-79(109)89-62(77(106)107)35-38-71(96)97/h10,15-16,27-34,36-37,43,48,54-55,60-63H,7-9,11-14,17-26,35,38-42,44-47,49-50,82H2,1-6H3,(H13-,83,84,85,86,87,88,89,95,96,97,98,99,100,101,102,103,104,105,106,107,108,109,110,111,112)/p+1/t54?,55-,60-,61-,62-,63-/m0/s1. The number of nitrogens with two attached hydrogens (primary N) is 2. The normalized spacial score (nSPS) is 15.4. The van der Waals surface area contributed by atoms with Gasteiger partial charge in [-0.3, -0.25) is 47.7 Å². The Kier molecular flexibility index (Phi) is 37.3. The molecule has 0 bridgehead atoms. The molecule has 5 rings (SSSR count). The van der Waals surface area contributed by atoms with Gasteiger partial charge in [-0.15, -0.1) is 0 Å². The molecule has 0 aliphatic carbocycles. The number of benzene rings is 3. The van der Waals surface area contributed by atoms with E-state index >= 15 is 0 Å². The van der Waals surface area contributed by atoms with Crippen LogP contribution in [0, 0.1) is 18.8 Å². The first-order valence-electron chi connectivity index (χ1n) is 38.5. The molecule has 0 fully saturated rings. The average molecular weight is 1590 g/mol. The van der Waals surface area contributed by atoms with Crippen molar-refractivity contribution in [2.45, 2.75) is 242 Å². The lowest BCUT2D eigenvalue weighted by Gasteiger charge is -2.27. The van der Waals surface area contributed by atoms with Crippen LogP contribution in [0.15, 0.2) is 102 Å². The number of aliphatic carboxylic acids is 5. The number of aryl methyl sites for hydroxylation is 1. The van der Waals surface area contributed by atoms with E-state index in [1.165, 1.54) is 46.8 Å². The van der Waals surface area contributed by atoms with Crippen LogP contribution in [-0.2, 0) is 86.7 Å². The van der Waals surface area contributed by atoms with Gasteiger partial charge in [0, 0.05) is 98.6 Å². The van der Waals surface area contributed by atoms with Gasteiger partial charge in [0.15, 0.2) is 17.3 Å². The van der Waals surface area contributed by atoms with Crippen molar-refractivity contribution in [3.63, 3.8) is 0 Å². The second kappa shape index (κ2) is 45.3. The minimum atomic E-state index is -4.48. The van der Waals surface area contributed by atoms with Gasteiger partial charge < -0.3 is 73.8 Å². The maximum absolute atomic E-state index is 14.0. The second-order valence-corrected chi connectivity index (χ2v) is 31.4. The molecule has 113 heavy (non-hydrogen) atoms. The summed E-state index contributed by atoms with van der Waals surface area (Å²) in [5.41, 5.74) is 19.1. The number of carbonyl (C=O) groups is 13. The molecule has 32 heteroatoms.